The van der Waals surface area contributed by atoms with Gasteiger partial charge in [-0.15, -0.1) is 0 Å². The normalized spacial score (nSPS) is 19.4. The van der Waals surface area contributed by atoms with E-state index in [1.54, 1.807) is 6.92 Å². The van der Waals surface area contributed by atoms with Gasteiger partial charge in [0.15, 0.2) is 0 Å². The molecule has 4 nitrogen and oxygen atoms in total. The van der Waals surface area contributed by atoms with Crippen molar-refractivity contribution in [2.45, 2.75) is 32.6 Å². The molecule has 0 bridgehead atoms. The number of hydrogen-bond donors (Lipinski definition) is 2. The van der Waals surface area contributed by atoms with Gasteiger partial charge in [0.05, 0.1) is 7.11 Å². The highest BCUT2D eigenvalue weighted by molar-refractivity contribution is 5.87. The van der Waals surface area contributed by atoms with Gasteiger partial charge < -0.3 is 15.2 Å². The van der Waals surface area contributed by atoms with Gasteiger partial charge in [0, 0.05) is 30.7 Å². The van der Waals surface area contributed by atoms with Crippen LogP contribution in [0.3, 0.4) is 0 Å². The van der Waals surface area contributed by atoms with Crippen LogP contribution in [0.1, 0.15) is 32.6 Å². The smallest absolute Gasteiger partial charge is 0.333 e. The van der Waals surface area contributed by atoms with Crippen molar-refractivity contribution in [3.8, 4) is 0 Å². The Morgan fingerprint density at radius 3 is 2.65 bits per heavy atom. The van der Waals surface area contributed by atoms with Crippen LogP contribution in [0.4, 0.5) is 0 Å². The van der Waals surface area contributed by atoms with Crippen LogP contribution in [-0.2, 0) is 9.53 Å². The van der Waals surface area contributed by atoms with Crippen LogP contribution < -0.4 is 5.32 Å². The standard InChI is InChI=1S/C13H23NO3/c1-11(12(16)17-2)5-8-14-9-13(10-15)6-3-4-7-13/h5,14-15H,3-4,6-10H2,1-2H3. The van der Waals surface area contributed by atoms with E-state index in [0.29, 0.717) is 12.1 Å². The summed E-state index contributed by atoms with van der Waals surface area (Å²) in [6.07, 6.45) is 6.43. The van der Waals surface area contributed by atoms with Gasteiger partial charge in [-0.3, -0.25) is 0 Å². The Bertz CT molecular complexity index is 280. The summed E-state index contributed by atoms with van der Waals surface area (Å²) >= 11 is 0. The van der Waals surface area contributed by atoms with Gasteiger partial charge in [-0.25, -0.2) is 4.79 Å². The Kier molecular flexibility index (Phi) is 5.65. The van der Waals surface area contributed by atoms with Gasteiger partial charge in [0.25, 0.3) is 0 Å². The van der Waals surface area contributed by atoms with E-state index in [4.69, 9.17) is 0 Å². The number of rotatable bonds is 6. The Labute approximate surface area is 103 Å². The molecule has 0 saturated heterocycles. The molecule has 0 amide bonds. The monoisotopic (exact) mass is 241 g/mol. The molecule has 0 aromatic rings. The summed E-state index contributed by atoms with van der Waals surface area (Å²) in [6.45, 7) is 3.45. The second-order valence-electron chi connectivity index (χ2n) is 4.87. The predicted octanol–water partition coefficient (Wildman–Crippen LogP) is 1.25. The van der Waals surface area contributed by atoms with Gasteiger partial charge in [-0.1, -0.05) is 18.9 Å². The number of aliphatic hydroxyl groups excluding tert-OH is 1. The molecule has 0 unspecified atom stereocenters. The summed E-state index contributed by atoms with van der Waals surface area (Å²) in [4.78, 5) is 11.1. The maximum absolute atomic E-state index is 11.1. The number of methoxy groups -OCH3 is 1. The summed E-state index contributed by atoms with van der Waals surface area (Å²) in [5.74, 6) is -0.287. The largest absolute Gasteiger partial charge is 0.466 e. The maximum Gasteiger partial charge on any atom is 0.333 e. The first-order chi connectivity index (χ1) is 8.13. The number of ether oxygens (including phenoxy) is 1. The van der Waals surface area contributed by atoms with Crippen LogP contribution in [0.15, 0.2) is 11.6 Å². The molecule has 0 aliphatic heterocycles. The molecule has 0 atom stereocenters. The van der Waals surface area contributed by atoms with E-state index in [2.05, 4.69) is 10.1 Å². The van der Waals surface area contributed by atoms with Crippen molar-refractivity contribution in [1.82, 2.24) is 5.32 Å². The molecule has 4 heteroatoms. The minimum absolute atomic E-state index is 0.0625. The first kappa shape index (κ1) is 14.2. The zero-order valence-electron chi connectivity index (χ0n) is 10.8. The average molecular weight is 241 g/mol. The lowest BCUT2D eigenvalue weighted by atomic mass is 9.87. The predicted molar refractivity (Wildman–Crippen MR) is 66.6 cm³/mol. The molecule has 0 aromatic carbocycles. The summed E-state index contributed by atoms with van der Waals surface area (Å²) < 4.78 is 4.61. The Hall–Kier alpha value is -0.870. The summed E-state index contributed by atoms with van der Waals surface area (Å²) in [5.41, 5.74) is 0.678. The van der Waals surface area contributed by atoms with Crippen molar-refractivity contribution in [3.63, 3.8) is 0 Å². The van der Waals surface area contributed by atoms with Crippen LogP contribution in [-0.4, -0.2) is 37.9 Å². The van der Waals surface area contributed by atoms with Gasteiger partial charge in [0.1, 0.15) is 0 Å². The first-order valence-corrected chi connectivity index (χ1v) is 6.20. The Morgan fingerprint density at radius 1 is 1.47 bits per heavy atom. The summed E-state index contributed by atoms with van der Waals surface area (Å²) in [5, 5.41) is 12.7. The third kappa shape index (κ3) is 4.13. The van der Waals surface area contributed by atoms with E-state index < -0.39 is 0 Å². The van der Waals surface area contributed by atoms with E-state index in [1.807, 2.05) is 6.08 Å². The topological polar surface area (TPSA) is 58.6 Å². The second-order valence-corrected chi connectivity index (χ2v) is 4.87. The molecule has 1 rings (SSSR count). The fourth-order valence-electron chi connectivity index (χ4n) is 2.32. The second kappa shape index (κ2) is 6.77. The molecule has 1 saturated carbocycles. The third-order valence-corrected chi connectivity index (χ3v) is 3.56. The quantitative estimate of drug-likeness (QED) is 0.417. The van der Waals surface area contributed by atoms with Crippen molar-refractivity contribution in [3.05, 3.63) is 11.6 Å². The number of hydrogen-bond acceptors (Lipinski definition) is 4. The molecule has 0 heterocycles. The molecule has 98 valence electrons. The van der Waals surface area contributed by atoms with Crippen molar-refractivity contribution in [2.75, 3.05) is 26.8 Å². The lowest BCUT2D eigenvalue weighted by Gasteiger charge is -2.26. The van der Waals surface area contributed by atoms with E-state index >= 15 is 0 Å². The zero-order valence-corrected chi connectivity index (χ0v) is 10.8. The number of carbonyl (C=O) groups is 1. The molecule has 0 aromatic heterocycles. The fourth-order valence-corrected chi connectivity index (χ4v) is 2.32. The Balaban J connectivity index is 2.30. The molecule has 0 radical (unpaired) electrons. The van der Waals surface area contributed by atoms with Crippen LogP contribution in [0, 0.1) is 5.41 Å². The number of aliphatic hydroxyl groups is 1. The highest BCUT2D eigenvalue weighted by Gasteiger charge is 2.32. The minimum atomic E-state index is -0.287. The number of esters is 1. The van der Waals surface area contributed by atoms with E-state index in [0.717, 1.165) is 19.4 Å². The Morgan fingerprint density at radius 2 is 2.12 bits per heavy atom. The van der Waals surface area contributed by atoms with Crippen molar-refractivity contribution < 1.29 is 14.6 Å². The van der Waals surface area contributed by atoms with Crippen LogP contribution in [0.25, 0.3) is 0 Å². The third-order valence-electron chi connectivity index (χ3n) is 3.56. The highest BCUT2D eigenvalue weighted by atomic mass is 16.5. The van der Waals surface area contributed by atoms with Crippen LogP contribution >= 0.6 is 0 Å². The summed E-state index contributed by atoms with van der Waals surface area (Å²) in [6, 6.07) is 0. The molecule has 1 aliphatic carbocycles. The minimum Gasteiger partial charge on any atom is -0.466 e. The fraction of sp³-hybridized carbons (Fsp3) is 0.769. The molecular formula is C13H23NO3. The van der Waals surface area contributed by atoms with E-state index in [9.17, 15) is 9.90 Å². The van der Waals surface area contributed by atoms with E-state index in [-0.39, 0.29) is 18.0 Å². The molecule has 2 N–H and O–H groups in total. The maximum atomic E-state index is 11.1. The van der Waals surface area contributed by atoms with Crippen LogP contribution in [0.2, 0.25) is 0 Å². The molecule has 17 heavy (non-hydrogen) atoms. The number of carbonyl (C=O) groups excluding carboxylic acids is 1. The van der Waals surface area contributed by atoms with Crippen molar-refractivity contribution >= 4 is 5.97 Å². The van der Waals surface area contributed by atoms with Gasteiger partial charge in [-0.2, -0.15) is 0 Å². The van der Waals surface area contributed by atoms with Gasteiger partial charge in [0.2, 0.25) is 0 Å². The lowest BCUT2D eigenvalue weighted by Crippen LogP contribution is -2.35. The molecule has 1 aliphatic rings. The van der Waals surface area contributed by atoms with Crippen molar-refractivity contribution in [2.24, 2.45) is 5.41 Å². The zero-order chi connectivity index (χ0) is 12.7. The van der Waals surface area contributed by atoms with E-state index in [1.165, 1.54) is 20.0 Å². The molecular weight excluding hydrogens is 218 g/mol. The van der Waals surface area contributed by atoms with Crippen molar-refractivity contribution in [1.29, 1.82) is 0 Å². The molecule has 1 fully saturated rings. The summed E-state index contributed by atoms with van der Waals surface area (Å²) in [7, 11) is 1.38. The molecule has 0 spiro atoms. The van der Waals surface area contributed by atoms with Gasteiger partial charge in [-0.05, 0) is 19.8 Å². The van der Waals surface area contributed by atoms with Crippen LogP contribution in [0.5, 0.6) is 0 Å². The highest BCUT2D eigenvalue weighted by Crippen LogP contribution is 2.36. The SMILES string of the molecule is COC(=O)C(C)=CCNCC1(CO)CCCC1. The average Bonchev–Trinajstić information content (AvgIpc) is 2.82. The first-order valence-electron chi connectivity index (χ1n) is 6.20. The van der Waals surface area contributed by atoms with Gasteiger partial charge >= 0.3 is 5.97 Å². The number of nitrogens with one attached hydrogen (secondary N) is 1. The lowest BCUT2D eigenvalue weighted by molar-refractivity contribution is -0.136.